The molecule has 2 aromatic carbocycles. The summed E-state index contributed by atoms with van der Waals surface area (Å²) < 4.78 is 21.2. The molecule has 0 aromatic heterocycles. The van der Waals surface area contributed by atoms with Gasteiger partial charge in [0.1, 0.15) is 36.2 Å². The fourth-order valence-corrected chi connectivity index (χ4v) is 2.06. The molecule has 0 amide bonds. The zero-order valence-electron chi connectivity index (χ0n) is 13.5. The summed E-state index contributed by atoms with van der Waals surface area (Å²) >= 11 is 0. The molecule has 0 fully saturated rings. The molecule has 0 saturated carbocycles. The van der Waals surface area contributed by atoms with Gasteiger partial charge in [-0.25, -0.2) is 0 Å². The molecule has 0 aliphatic carbocycles. The van der Waals surface area contributed by atoms with Gasteiger partial charge < -0.3 is 18.9 Å². The predicted molar refractivity (Wildman–Crippen MR) is 87.8 cm³/mol. The zero-order valence-corrected chi connectivity index (χ0v) is 13.5. The molecule has 0 aliphatic heterocycles. The van der Waals surface area contributed by atoms with E-state index in [1.807, 2.05) is 0 Å². The lowest BCUT2D eigenvalue weighted by molar-refractivity contribution is 0.110. The minimum atomic E-state index is 0.220. The topological polar surface area (TPSA) is 71.1 Å². The maximum Gasteiger partial charge on any atom is 0.153 e. The van der Waals surface area contributed by atoms with Crippen molar-refractivity contribution in [1.82, 2.24) is 0 Å². The molecule has 24 heavy (non-hydrogen) atoms. The van der Waals surface area contributed by atoms with E-state index < -0.39 is 0 Å². The number of hydrogen-bond acceptors (Lipinski definition) is 6. The second-order valence-electron chi connectivity index (χ2n) is 4.74. The van der Waals surface area contributed by atoms with Gasteiger partial charge >= 0.3 is 0 Å². The van der Waals surface area contributed by atoms with Crippen molar-refractivity contribution in [1.29, 1.82) is 0 Å². The molecular formula is C18H18O6. The third kappa shape index (κ3) is 4.25. The average molecular weight is 330 g/mol. The number of carbonyl (C=O) groups excluding carboxylic acids is 2. The normalized spacial score (nSPS) is 9.92. The van der Waals surface area contributed by atoms with Crippen LogP contribution in [-0.4, -0.2) is 40.0 Å². The molecule has 0 atom stereocenters. The van der Waals surface area contributed by atoms with Gasteiger partial charge in [0.05, 0.1) is 25.3 Å². The quantitative estimate of drug-likeness (QED) is 0.520. The minimum Gasteiger partial charge on any atom is -0.497 e. The molecule has 0 heterocycles. The van der Waals surface area contributed by atoms with Gasteiger partial charge in [0.25, 0.3) is 0 Å². The Morgan fingerprint density at radius 1 is 0.750 bits per heavy atom. The van der Waals surface area contributed by atoms with Crippen LogP contribution >= 0.6 is 0 Å². The zero-order chi connectivity index (χ0) is 17.4. The summed E-state index contributed by atoms with van der Waals surface area (Å²) in [7, 11) is 3.05. The number of aldehydes is 2. The van der Waals surface area contributed by atoms with E-state index in [-0.39, 0.29) is 13.2 Å². The SMILES string of the molecule is COc1ccc(OCCOc2ccc(OC)cc2C=O)c(C=O)c1. The number of hydrogen-bond donors (Lipinski definition) is 0. The van der Waals surface area contributed by atoms with Gasteiger partial charge in [-0.1, -0.05) is 0 Å². The highest BCUT2D eigenvalue weighted by Crippen LogP contribution is 2.24. The van der Waals surface area contributed by atoms with Gasteiger partial charge in [-0.2, -0.15) is 0 Å². The van der Waals surface area contributed by atoms with Crippen LogP contribution in [0, 0.1) is 0 Å². The lowest BCUT2D eigenvalue weighted by Gasteiger charge is -2.12. The van der Waals surface area contributed by atoms with Crippen molar-refractivity contribution in [3.8, 4) is 23.0 Å². The fraction of sp³-hybridized carbons (Fsp3) is 0.222. The molecule has 2 rings (SSSR count). The van der Waals surface area contributed by atoms with Crippen LogP contribution < -0.4 is 18.9 Å². The van der Waals surface area contributed by atoms with E-state index in [1.165, 1.54) is 14.2 Å². The maximum absolute atomic E-state index is 11.1. The second-order valence-corrected chi connectivity index (χ2v) is 4.74. The molecule has 0 bridgehead atoms. The average Bonchev–Trinajstić information content (AvgIpc) is 2.65. The summed E-state index contributed by atoms with van der Waals surface area (Å²) in [6.45, 7) is 0.439. The second kappa shape index (κ2) is 8.57. The van der Waals surface area contributed by atoms with Crippen LogP contribution in [0.15, 0.2) is 36.4 Å². The van der Waals surface area contributed by atoms with Crippen molar-refractivity contribution in [2.75, 3.05) is 27.4 Å². The molecule has 0 saturated heterocycles. The number of benzene rings is 2. The van der Waals surface area contributed by atoms with E-state index in [2.05, 4.69) is 0 Å². The van der Waals surface area contributed by atoms with Crippen LogP contribution in [0.3, 0.4) is 0 Å². The number of carbonyl (C=O) groups is 2. The Bertz CT molecular complexity index is 649. The van der Waals surface area contributed by atoms with Crippen molar-refractivity contribution >= 4 is 12.6 Å². The number of rotatable bonds is 9. The summed E-state index contributed by atoms with van der Waals surface area (Å²) in [5, 5.41) is 0. The van der Waals surface area contributed by atoms with Crippen LogP contribution in [-0.2, 0) is 0 Å². The van der Waals surface area contributed by atoms with E-state index in [0.29, 0.717) is 46.7 Å². The largest absolute Gasteiger partial charge is 0.497 e. The molecule has 2 aromatic rings. The molecule has 0 N–H and O–H groups in total. The highest BCUT2D eigenvalue weighted by molar-refractivity contribution is 5.80. The van der Waals surface area contributed by atoms with E-state index in [4.69, 9.17) is 18.9 Å². The molecule has 0 unspecified atom stereocenters. The highest BCUT2D eigenvalue weighted by Gasteiger charge is 2.07. The standard InChI is InChI=1S/C18H18O6/c1-21-15-3-5-17(13(9-15)11-19)23-7-8-24-18-6-4-16(22-2)10-14(18)12-20/h3-6,9-12H,7-8H2,1-2H3. The third-order valence-electron chi connectivity index (χ3n) is 3.29. The molecule has 0 spiro atoms. The summed E-state index contributed by atoms with van der Waals surface area (Å²) in [4.78, 5) is 22.2. The van der Waals surface area contributed by atoms with Crippen molar-refractivity contribution < 1.29 is 28.5 Å². The number of ether oxygens (including phenoxy) is 4. The molecule has 6 nitrogen and oxygen atoms in total. The first-order valence-corrected chi connectivity index (χ1v) is 7.24. The highest BCUT2D eigenvalue weighted by atomic mass is 16.5. The van der Waals surface area contributed by atoms with Gasteiger partial charge in [-0.3, -0.25) is 9.59 Å². The monoisotopic (exact) mass is 330 g/mol. The van der Waals surface area contributed by atoms with E-state index in [1.54, 1.807) is 36.4 Å². The van der Waals surface area contributed by atoms with Crippen molar-refractivity contribution in [3.63, 3.8) is 0 Å². The smallest absolute Gasteiger partial charge is 0.153 e. The van der Waals surface area contributed by atoms with Gasteiger partial charge in [0.15, 0.2) is 12.6 Å². The minimum absolute atomic E-state index is 0.220. The molecular weight excluding hydrogens is 312 g/mol. The summed E-state index contributed by atoms with van der Waals surface area (Å²) in [6.07, 6.45) is 1.40. The van der Waals surface area contributed by atoms with Gasteiger partial charge in [-0.15, -0.1) is 0 Å². The van der Waals surface area contributed by atoms with Crippen LogP contribution in [0.1, 0.15) is 20.7 Å². The van der Waals surface area contributed by atoms with Crippen molar-refractivity contribution in [2.24, 2.45) is 0 Å². The first-order chi connectivity index (χ1) is 11.7. The molecule has 0 radical (unpaired) electrons. The number of methoxy groups -OCH3 is 2. The first kappa shape index (κ1) is 17.3. The van der Waals surface area contributed by atoms with E-state index in [0.717, 1.165) is 0 Å². The van der Waals surface area contributed by atoms with Gasteiger partial charge in [0.2, 0.25) is 0 Å². The fourth-order valence-electron chi connectivity index (χ4n) is 2.06. The Kier molecular flexibility index (Phi) is 6.19. The Morgan fingerprint density at radius 3 is 1.50 bits per heavy atom. The van der Waals surface area contributed by atoms with Gasteiger partial charge in [-0.05, 0) is 36.4 Å². The van der Waals surface area contributed by atoms with Gasteiger partial charge in [0, 0.05) is 0 Å². The lowest BCUT2D eigenvalue weighted by Crippen LogP contribution is -2.11. The summed E-state index contributed by atoms with van der Waals surface area (Å²) in [5.41, 5.74) is 0.791. The van der Waals surface area contributed by atoms with E-state index in [9.17, 15) is 9.59 Å². The van der Waals surface area contributed by atoms with E-state index >= 15 is 0 Å². The van der Waals surface area contributed by atoms with Crippen LogP contribution in [0.4, 0.5) is 0 Å². The maximum atomic E-state index is 11.1. The predicted octanol–water partition coefficient (Wildman–Crippen LogP) is 2.79. The Hall–Kier alpha value is -3.02. The summed E-state index contributed by atoms with van der Waals surface area (Å²) in [6, 6.07) is 9.92. The lowest BCUT2D eigenvalue weighted by atomic mass is 10.2. The Balaban J connectivity index is 1.94. The van der Waals surface area contributed by atoms with Crippen molar-refractivity contribution in [3.05, 3.63) is 47.5 Å². The van der Waals surface area contributed by atoms with Crippen LogP contribution in [0.2, 0.25) is 0 Å². The molecule has 6 heteroatoms. The summed E-state index contributed by atoms with van der Waals surface area (Å²) in [5.74, 6) is 2.04. The Morgan fingerprint density at radius 2 is 1.17 bits per heavy atom. The molecule has 0 aliphatic rings. The molecule has 126 valence electrons. The third-order valence-corrected chi connectivity index (χ3v) is 3.29. The van der Waals surface area contributed by atoms with Crippen LogP contribution in [0.25, 0.3) is 0 Å². The van der Waals surface area contributed by atoms with Crippen LogP contribution in [0.5, 0.6) is 23.0 Å². The first-order valence-electron chi connectivity index (χ1n) is 7.24. The van der Waals surface area contributed by atoms with Crippen molar-refractivity contribution in [2.45, 2.75) is 0 Å². The Labute approximate surface area is 139 Å².